The molecule has 0 aromatic heterocycles. The molecule has 0 spiro atoms. The van der Waals surface area contributed by atoms with E-state index in [0.717, 1.165) is 57.6 Å². The molecule has 0 saturated heterocycles. The fourth-order valence-corrected chi connectivity index (χ4v) is 3.23. The van der Waals surface area contributed by atoms with Crippen molar-refractivity contribution in [3.8, 4) is 5.75 Å². The fraction of sp³-hybridized carbons (Fsp3) is 0.647. The third kappa shape index (κ3) is 4.19. The molecule has 1 atom stereocenters. The molecule has 1 N–H and O–H groups in total. The first-order valence-electron chi connectivity index (χ1n) is 7.80. The second-order valence-electron chi connectivity index (χ2n) is 5.63. The van der Waals surface area contributed by atoms with Crippen LogP contribution in [0.4, 0.5) is 0 Å². The molecule has 1 aromatic carbocycles. The van der Waals surface area contributed by atoms with E-state index < -0.39 is 0 Å². The van der Waals surface area contributed by atoms with Crippen LogP contribution in [-0.4, -0.2) is 50.5 Å². The second kappa shape index (κ2) is 8.37. The molecule has 2 rings (SSSR count). The van der Waals surface area contributed by atoms with Crippen LogP contribution in [0.2, 0.25) is 0 Å². The molecule has 1 aliphatic rings. The summed E-state index contributed by atoms with van der Waals surface area (Å²) in [4.78, 5) is 2.47. The van der Waals surface area contributed by atoms with Gasteiger partial charge in [0.05, 0.1) is 6.61 Å². The van der Waals surface area contributed by atoms with Gasteiger partial charge in [0.15, 0.2) is 0 Å². The van der Waals surface area contributed by atoms with Crippen LogP contribution in [0.1, 0.15) is 36.4 Å². The molecule has 0 bridgehead atoms. The minimum Gasteiger partial charge on any atom is -0.508 e. The normalized spacial score (nSPS) is 18.0. The molecule has 0 amide bonds. The van der Waals surface area contributed by atoms with Crippen LogP contribution in [0.25, 0.3) is 0 Å². The Balaban J connectivity index is 2.14. The molecule has 118 valence electrons. The van der Waals surface area contributed by atoms with Crippen molar-refractivity contribution < 1.29 is 14.6 Å². The Labute approximate surface area is 127 Å². The Morgan fingerprint density at radius 3 is 2.76 bits per heavy atom. The summed E-state index contributed by atoms with van der Waals surface area (Å²) in [7, 11) is 3.49. The van der Waals surface area contributed by atoms with E-state index in [1.165, 1.54) is 5.56 Å². The van der Waals surface area contributed by atoms with Crippen molar-refractivity contribution in [2.45, 2.75) is 31.7 Å². The monoisotopic (exact) mass is 293 g/mol. The number of methoxy groups -OCH3 is 2. The maximum Gasteiger partial charge on any atom is 0.119 e. The van der Waals surface area contributed by atoms with E-state index in [4.69, 9.17) is 9.47 Å². The Morgan fingerprint density at radius 2 is 2.00 bits per heavy atom. The third-order valence-corrected chi connectivity index (χ3v) is 4.27. The Bertz CT molecular complexity index is 436. The predicted octanol–water partition coefficient (Wildman–Crippen LogP) is 2.75. The van der Waals surface area contributed by atoms with E-state index in [-0.39, 0.29) is 0 Å². The quantitative estimate of drug-likeness (QED) is 0.748. The molecule has 0 aliphatic heterocycles. The second-order valence-corrected chi connectivity index (χ2v) is 5.63. The molecule has 1 unspecified atom stereocenters. The van der Waals surface area contributed by atoms with E-state index in [2.05, 4.69) is 11.0 Å². The van der Waals surface area contributed by atoms with Crippen molar-refractivity contribution in [2.24, 2.45) is 0 Å². The average molecular weight is 293 g/mol. The van der Waals surface area contributed by atoms with E-state index in [9.17, 15) is 5.11 Å². The number of ether oxygens (including phenoxy) is 2. The van der Waals surface area contributed by atoms with Crippen LogP contribution in [-0.2, 0) is 15.9 Å². The van der Waals surface area contributed by atoms with Gasteiger partial charge in [0, 0.05) is 40.0 Å². The number of phenolic OH excluding ortho intramolecular Hbond substituents is 1. The molecule has 21 heavy (non-hydrogen) atoms. The zero-order chi connectivity index (χ0) is 15.1. The molecule has 0 fully saturated rings. The van der Waals surface area contributed by atoms with Gasteiger partial charge in [0.2, 0.25) is 0 Å². The highest BCUT2D eigenvalue weighted by atomic mass is 16.5. The number of rotatable bonds is 8. The van der Waals surface area contributed by atoms with Crippen molar-refractivity contribution in [1.29, 1.82) is 0 Å². The molecule has 4 heteroatoms. The Morgan fingerprint density at radius 1 is 1.19 bits per heavy atom. The van der Waals surface area contributed by atoms with Crippen molar-refractivity contribution in [2.75, 3.05) is 40.5 Å². The minimum absolute atomic E-state index is 0.382. The number of hydrogen-bond donors (Lipinski definition) is 1. The standard InChI is InChI=1S/C17H27NO3/c1-20-12-5-10-18(11-13-21-2)16-8-3-7-15-14(16)6-4-9-17(15)19/h4,6,9,16,19H,3,5,7-8,10-13H2,1-2H3. The highest BCUT2D eigenvalue weighted by Gasteiger charge is 2.26. The van der Waals surface area contributed by atoms with Crippen LogP contribution < -0.4 is 0 Å². The van der Waals surface area contributed by atoms with Gasteiger partial charge in [-0.15, -0.1) is 0 Å². The number of nitrogens with zero attached hydrogens (tertiary/aromatic N) is 1. The SMILES string of the molecule is COCCCN(CCOC)C1CCCc2c(O)cccc21. The Kier molecular flexibility index (Phi) is 6.49. The van der Waals surface area contributed by atoms with Gasteiger partial charge in [-0.3, -0.25) is 4.90 Å². The molecular weight excluding hydrogens is 266 g/mol. The maximum absolute atomic E-state index is 10.1. The average Bonchev–Trinajstić information content (AvgIpc) is 2.51. The van der Waals surface area contributed by atoms with E-state index in [0.29, 0.717) is 11.8 Å². The Hall–Kier alpha value is -1.10. The smallest absolute Gasteiger partial charge is 0.119 e. The lowest BCUT2D eigenvalue weighted by Gasteiger charge is -2.36. The largest absolute Gasteiger partial charge is 0.508 e. The fourth-order valence-electron chi connectivity index (χ4n) is 3.23. The summed E-state index contributed by atoms with van der Waals surface area (Å²) in [6, 6.07) is 6.30. The van der Waals surface area contributed by atoms with Crippen molar-refractivity contribution in [3.05, 3.63) is 29.3 Å². The number of fused-ring (bicyclic) bond motifs is 1. The molecule has 0 saturated carbocycles. The van der Waals surface area contributed by atoms with Gasteiger partial charge in [0.25, 0.3) is 0 Å². The number of phenols is 1. The summed E-state index contributed by atoms with van der Waals surface area (Å²) >= 11 is 0. The van der Waals surface area contributed by atoms with Gasteiger partial charge in [-0.2, -0.15) is 0 Å². The zero-order valence-corrected chi connectivity index (χ0v) is 13.2. The minimum atomic E-state index is 0.382. The molecular formula is C17H27NO3. The summed E-state index contributed by atoms with van der Waals surface area (Å²) < 4.78 is 10.4. The third-order valence-electron chi connectivity index (χ3n) is 4.27. The highest BCUT2D eigenvalue weighted by molar-refractivity contribution is 5.42. The van der Waals surface area contributed by atoms with Gasteiger partial charge in [0.1, 0.15) is 5.75 Å². The van der Waals surface area contributed by atoms with E-state index in [1.54, 1.807) is 20.3 Å². The van der Waals surface area contributed by atoms with Crippen LogP contribution >= 0.6 is 0 Å². The summed E-state index contributed by atoms with van der Waals surface area (Å²) in [6.07, 6.45) is 4.27. The first-order chi connectivity index (χ1) is 10.3. The molecule has 1 aliphatic carbocycles. The van der Waals surface area contributed by atoms with Crippen LogP contribution in [0.5, 0.6) is 5.75 Å². The van der Waals surface area contributed by atoms with Gasteiger partial charge < -0.3 is 14.6 Å². The van der Waals surface area contributed by atoms with Gasteiger partial charge in [-0.25, -0.2) is 0 Å². The lowest BCUT2D eigenvalue weighted by Crippen LogP contribution is -2.35. The number of benzene rings is 1. The van der Waals surface area contributed by atoms with Crippen molar-refractivity contribution in [1.82, 2.24) is 4.90 Å². The van der Waals surface area contributed by atoms with E-state index in [1.807, 2.05) is 6.07 Å². The molecule has 0 radical (unpaired) electrons. The lowest BCUT2D eigenvalue weighted by molar-refractivity contribution is 0.0990. The summed E-state index contributed by atoms with van der Waals surface area (Å²) in [5.41, 5.74) is 2.41. The van der Waals surface area contributed by atoms with Gasteiger partial charge >= 0.3 is 0 Å². The first kappa shape index (κ1) is 16.3. The highest BCUT2D eigenvalue weighted by Crippen LogP contribution is 2.38. The van der Waals surface area contributed by atoms with Crippen molar-refractivity contribution >= 4 is 0 Å². The summed E-state index contributed by atoms with van der Waals surface area (Å²) in [5.74, 6) is 0.445. The number of hydrogen-bond acceptors (Lipinski definition) is 4. The lowest BCUT2D eigenvalue weighted by atomic mass is 9.86. The topological polar surface area (TPSA) is 41.9 Å². The van der Waals surface area contributed by atoms with Crippen LogP contribution in [0, 0.1) is 0 Å². The maximum atomic E-state index is 10.1. The molecule has 4 nitrogen and oxygen atoms in total. The van der Waals surface area contributed by atoms with Gasteiger partial charge in [-0.1, -0.05) is 12.1 Å². The van der Waals surface area contributed by atoms with Crippen LogP contribution in [0.15, 0.2) is 18.2 Å². The van der Waals surface area contributed by atoms with Crippen LogP contribution in [0.3, 0.4) is 0 Å². The number of aromatic hydroxyl groups is 1. The van der Waals surface area contributed by atoms with E-state index >= 15 is 0 Å². The zero-order valence-electron chi connectivity index (χ0n) is 13.2. The summed E-state index contributed by atoms with van der Waals surface area (Å²) in [5, 5.41) is 10.1. The predicted molar refractivity (Wildman–Crippen MR) is 83.7 cm³/mol. The van der Waals surface area contributed by atoms with Crippen molar-refractivity contribution in [3.63, 3.8) is 0 Å². The molecule has 1 aromatic rings. The summed E-state index contributed by atoms with van der Waals surface area (Å²) in [6.45, 7) is 3.43. The first-order valence-corrected chi connectivity index (χ1v) is 7.80. The molecule has 0 heterocycles. The van der Waals surface area contributed by atoms with Gasteiger partial charge in [-0.05, 0) is 42.9 Å².